The van der Waals surface area contributed by atoms with Gasteiger partial charge in [0.15, 0.2) is 4.80 Å². The minimum absolute atomic E-state index is 0.0843. The van der Waals surface area contributed by atoms with Gasteiger partial charge in [-0.05, 0) is 36.4 Å². The molecule has 0 aliphatic heterocycles. The summed E-state index contributed by atoms with van der Waals surface area (Å²) in [5, 5.41) is 1.80. The topological polar surface area (TPSA) is 80.5 Å². The first-order valence-corrected chi connectivity index (χ1v) is 9.80. The zero-order chi connectivity index (χ0) is 18.7. The number of benzene rings is 2. The molecule has 134 valence electrons. The summed E-state index contributed by atoms with van der Waals surface area (Å²) in [5.74, 6) is -1.15. The van der Waals surface area contributed by atoms with Crippen molar-refractivity contribution in [2.24, 2.45) is 12.0 Å². The van der Waals surface area contributed by atoms with Crippen molar-refractivity contribution in [2.75, 3.05) is 4.72 Å². The van der Waals surface area contributed by atoms with Gasteiger partial charge in [0, 0.05) is 24.2 Å². The normalized spacial score (nSPS) is 12.2. The summed E-state index contributed by atoms with van der Waals surface area (Å²) in [6, 6.07) is 10.8. The number of nitrogens with one attached hydrogen (secondary N) is 1. The predicted molar refractivity (Wildman–Crippen MR) is 96.8 cm³/mol. The van der Waals surface area contributed by atoms with E-state index in [0.717, 1.165) is 6.07 Å². The van der Waals surface area contributed by atoms with Crippen LogP contribution in [0.2, 0.25) is 0 Å². The number of carbonyl (C=O) groups excluding carboxylic acids is 1. The Kier molecular flexibility index (Phi) is 5.01. The standard InChI is InChI=1S/C17H14FN3O3S2/c1-21-10-11-25-17(21)19-16(22)12-6-8-13(9-7-12)26(23,24)20-15-5-3-2-4-14(15)18/h2-11,20H,1H3. The van der Waals surface area contributed by atoms with Crippen LogP contribution in [0.5, 0.6) is 0 Å². The van der Waals surface area contributed by atoms with Gasteiger partial charge in [0.05, 0.1) is 10.6 Å². The van der Waals surface area contributed by atoms with Gasteiger partial charge in [0.25, 0.3) is 15.9 Å². The summed E-state index contributed by atoms with van der Waals surface area (Å²) in [6.07, 6.45) is 1.78. The maximum atomic E-state index is 13.6. The second-order valence-electron chi connectivity index (χ2n) is 5.32. The molecule has 0 atom stereocenters. The molecular formula is C17H14FN3O3S2. The number of anilines is 1. The summed E-state index contributed by atoms with van der Waals surface area (Å²) < 4.78 is 42.2. The van der Waals surface area contributed by atoms with Crippen LogP contribution < -0.4 is 9.52 Å². The van der Waals surface area contributed by atoms with Gasteiger partial charge >= 0.3 is 0 Å². The molecular weight excluding hydrogens is 377 g/mol. The summed E-state index contributed by atoms with van der Waals surface area (Å²) in [7, 11) is -2.20. The molecule has 6 nitrogen and oxygen atoms in total. The molecule has 0 bridgehead atoms. The van der Waals surface area contributed by atoms with Crippen molar-refractivity contribution in [3.63, 3.8) is 0 Å². The first-order chi connectivity index (χ1) is 12.4. The lowest BCUT2D eigenvalue weighted by molar-refractivity contribution is 0.0997. The molecule has 0 aliphatic rings. The second-order valence-corrected chi connectivity index (χ2v) is 7.88. The Morgan fingerprint density at radius 1 is 1.15 bits per heavy atom. The van der Waals surface area contributed by atoms with E-state index in [9.17, 15) is 17.6 Å². The zero-order valence-corrected chi connectivity index (χ0v) is 15.2. The third-order valence-electron chi connectivity index (χ3n) is 3.49. The van der Waals surface area contributed by atoms with Gasteiger partial charge in [-0.1, -0.05) is 12.1 Å². The number of carbonyl (C=O) groups is 1. The van der Waals surface area contributed by atoms with E-state index in [1.807, 2.05) is 0 Å². The number of halogens is 1. The number of rotatable bonds is 4. The molecule has 3 rings (SSSR count). The number of nitrogens with zero attached hydrogens (tertiary/aromatic N) is 2. The number of aromatic nitrogens is 1. The number of hydrogen-bond acceptors (Lipinski definition) is 4. The first kappa shape index (κ1) is 18.0. The van der Waals surface area contributed by atoms with E-state index in [-0.39, 0.29) is 16.1 Å². The van der Waals surface area contributed by atoms with Gasteiger partial charge in [0.1, 0.15) is 5.82 Å². The highest BCUT2D eigenvalue weighted by molar-refractivity contribution is 7.92. The van der Waals surface area contributed by atoms with Crippen molar-refractivity contribution in [3.8, 4) is 0 Å². The quantitative estimate of drug-likeness (QED) is 0.743. The van der Waals surface area contributed by atoms with Gasteiger partial charge in [-0.25, -0.2) is 12.8 Å². The fourth-order valence-corrected chi connectivity index (χ4v) is 3.91. The SMILES string of the molecule is Cn1ccsc1=NC(=O)c1ccc(S(=O)(=O)Nc2ccccc2F)cc1. The molecule has 1 N–H and O–H groups in total. The molecule has 2 aromatic carbocycles. The average molecular weight is 391 g/mol. The second kappa shape index (κ2) is 7.22. The van der Waals surface area contributed by atoms with Crippen LogP contribution in [0.15, 0.2) is 70.0 Å². The Labute approximate surface area is 153 Å². The largest absolute Gasteiger partial charge is 0.327 e. The van der Waals surface area contributed by atoms with Gasteiger partial charge in [0.2, 0.25) is 0 Å². The van der Waals surface area contributed by atoms with E-state index in [1.165, 1.54) is 53.8 Å². The molecule has 9 heteroatoms. The monoisotopic (exact) mass is 391 g/mol. The Hall–Kier alpha value is -2.78. The lowest BCUT2D eigenvalue weighted by atomic mass is 10.2. The summed E-state index contributed by atoms with van der Waals surface area (Å²) in [6.45, 7) is 0. The first-order valence-electron chi connectivity index (χ1n) is 7.43. The Bertz CT molecular complexity index is 1120. The molecule has 0 unspecified atom stereocenters. The molecule has 26 heavy (non-hydrogen) atoms. The highest BCUT2D eigenvalue weighted by Gasteiger charge is 2.16. The Balaban J connectivity index is 1.84. The fourth-order valence-electron chi connectivity index (χ4n) is 2.11. The summed E-state index contributed by atoms with van der Waals surface area (Å²) in [5.41, 5.74) is 0.107. The van der Waals surface area contributed by atoms with Crippen LogP contribution in [-0.2, 0) is 17.1 Å². The molecule has 0 fully saturated rings. The molecule has 1 amide bonds. The van der Waals surface area contributed by atoms with Crippen LogP contribution in [0.4, 0.5) is 10.1 Å². The minimum Gasteiger partial charge on any atom is -0.327 e. The Morgan fingerprint density at radius 2 is 1.85 bits per heavy atom. The lowest BCUT2D eigenvalue weighted by Gasteiger charge is -2.09. The maximum absolute atomic E-state index is 13.6. The van der Waals surface area contributed by atoms with Crippen molar-refractivity contribution in [3.05, 3.63) is 76.3 Å². The van der Waals surface area contributed by atoms with E-state index in [0.29, 0.717) is 4.80 Å². The van der Waals surface area contributed by atoms with E-state index in [4.69, 9.17) is 0 Å². The number of amides is 1. The smallest absolute Gasteiger partial charge is 0.279 e. The number of aryl methyl sites for hydroxylation is 1. The molecule has 0 aliphatic carbocycles. The molecule has 3 aromatic rings. The van der Waals surface area contributed by atoms with Crippen molar-refractivity contribution in [2.45, 2.75) is 4.90 Å². The summed E-state index contributed by atoms with van der Waals surface area (Å²) in [4.78, 5) is 16.6. The van der Waals surface area contributed by atoms with Crippen molar-refractivity contribution < 1.29 is 17.6 Å². The molecule has 1 heterocycles. The fraction of sp³-hybridized carbons (Fsp3) is 0.0588. The van der Waals surface area contributed by atoms with Crippen LogP contribution in [-0.4, -0.2) is 18.9 Å². The van der Waals surface area contributed by atoms with Gasteiger partial charge in [-0.15, -0.1) is 11.3 Å². The zero-order valence-electron chi connectivity index (χ0n) is 13.6. The molecule has 0 radical (unpaired) electrons. The Morgan fingerprint density at radius 3 is 2.46 bits per heavy atom. The third-order valence-corrected chi connectivity index (χ3v) is 5.72. The van der Waals surface area contributed by atoms with E-state index >= 15 is 0 Å². The van der Waals surface area contributed by atoms with Crippen LogP contribution in [0.3, 0.4) is 0 Å². The van der Waals surface area contributed by atoms with Crippen LogP contribution in [0.1, 0.15) is 10.4 Å². The number of sulfonamides is 1. The van der Waals surface area contributed by atoms with Gasteiger partial charge in [-0.2, -0.15) is 4.99 Å². The molecule has 1 aromatic heterocycles. The maximum Gasteiger partial charge on any atom is 0.279 e. The van der Waals surface area contributed by atoms with Crippen LogP contribution in [0.25, 0.3) is 0 Å². The van der Waals surface area contributed by atoms with Crippen molar-refractivity contribution >= 4 is 33.0 Å². The van der Waals surface area contributed by atoms with Gasteiger partial charge < -0.3 is 4.57 Å². The minimum atomic E-state index is -3.97. The van der Waals surface area contributed by atoms with Gasteiger partial charge in [-0.3, -0.25) is 9.52 Å². The highest BCUT2D eigenvalue weighted by Crippen LogP contribution is 2.19. The third kappa shape index (κ3) is 3.89. The highest BCUT2D eigenvalue weighted by atomic mass is 32.2. The number of para-hydroxylation sites is 1. The van der Waals surface area contributed by atoms with E-state index in [1.54, 1.807) is 23.2 Å². The van der Waals surface area contributed by atoms with Crippen molar-refractivity contribution in [1.82, 2.24) is 4.57 Å². The number of hydrogen-bond donors (Lipinski definition) is 1. The lowest BCUT2D eigenvalue weighted by Crippen LogP contribution is -2.14. The van der Waals surface area contributed by atoms with Crippen molar-refractivity contribution in [1.29, 1.82) is 0 Å². The van der Waals surface area contributed by atoms with E-state index in [2.05, 4.69) is 9.71 Å². The van der Waals surface area contributed by atoms with E-state index < -0.39 is 21.7 Å². The summed E-state index contributed by atoms with van der Waals surface area (Å²) >= 11 is 1.32. The molecule has 0 saturated carbocycles. The molecule has 0 spiro atoms. The molecule has 0 saturated heterocycles. The van der Waals surface area contributed by atoms with Crippen LogP contribution >= 0.6 is 11.3 Å². The average Bonchev–Trinajstić information content (AvgIpc) is 3.02. The predicted octanol–water partition coefficient (Wildman–Crippen LogP) is 2.77. The van der Waals surface area contributed by atoms with Crippen LogP contribution in [0, 0.1) is 5.82 Å². The number of thiazole rings is 1.